The maximum Gasteiger partial charge on any atom is 0.337 e. The number of methoxy groups -OCH3 is 2. The van der Waals surface area contributed by atoms with Gasteiger partial charge < -0.3 is 14.8 Å². The molecule has 2 aromatic rings. The first-order valence-corrected chi connectivity index (χ1v) is 8.46. The number of carbonyl (C=O) groups excluding carboxylic acids is 3. The van der Waals surface area contributed by atoms with Crippen LogP contribution in [0.15, 0.2) is 53.6 Å². The van der Waals surface area contributed by atoms with E-state index >= 15 is 0 Å². The summed E-state index contributed by atoms with van der Waals surface area (Å²) in [7, 11) is 2.87. The van der Waals surface area contributed by atoms with Crippen molar-refractivity contribution in [3.05, 3.63) is 59.7 Å². The highest BCUT2D eigenvalue weighted by Crippen LogP contribution is 2.15. The number of hydrogen-bond donors (Lipinski definition) is 2. The molecule has 2 rings (SSSR count). The van der Waals surface area contributed by atoms with E-state index in [4.69, 9.17) is 4.74 Å². The Morgan fingerprint density at radius 3 is 2.18 bits per heavy atom. The lowest BCUT2D eigenvalue weighted by Crippen LogP contribution is -2.20. The molecule has 0 bridgehead atoms. The molecule has 0 heterocycles. The fraction of sp³-hybridized carbons (Fsp3) is 0.200. The SMILES string of the molecule is COC(=O)c1ccc(/C=N/NC(=O)CCC(=O)Nc2ccc(OC)cc2)cc1. The van der Waals surface area contributed by atoms with Crippen LogP contribution in [-0.4, -0.2) is 38.2 Å². The molecule has 0 saturated heterocycles. The Hall–Kier alpha value is -3.68. The molecule has 0 aliphatic heterocycles. The van der Waals surface area contributed by atoms with E-state index in [1.165, 1.54) is 13.3 Å². The van der Waals surface area contributed by atoms with Crippen LogP contribution in [0.25, 0.3) is 0 Å². The van der Waals surface area contributed by atoms with Crippen molar-refractivity contribution in [2.24, 2.45) is 5.10 Å². The van der Waals surface area contributed by atoms with Crippen molar-refractivity contribution in [1.29, 1.82) is 0 Å². The van der Waals surface area contributed by atoms with Gasteiger partial charge in [0.05, 0.1) is 26.0 Å². The molecule has 0 aromatic heterocycles. The Kier molecular flexibility index (Phi) is 7.71. The maximum atomic E-state index is 11.9. The second kappa shape index (κ2) is 10.5. The summed E-state index contributed by atoms with van der Waals surface area (Å²) in [5, 5.41) is 6.53. The van der Waals surface area contributed by atoms with Gasteiger partial charge in [-0.3, -0.25) is 9.59 Å². The third-order valence-corrected chi connectivity index (χ3v) is 3.69. The highest BCUT2D eigenvalue weighted by Gasteiger charge is 2.07. The van der Waals surface area contributed by atoms with Crippen molar-refractivity contribution in [3.8, 4) is 5.75 Å². The van der Waals surface area contributed by atoms with Crippen molar-refractivity contribution in [2.75, 3.05) is 19.5 Å². The van der Waals surface area contributed by atoms with Crippen LogP contribution >= 0.6 is 0 Å². The van der Waals surface area contributed by atoms with Crippen LogP contribution in [0.1, 0.15) is 28.8 Å². The van der Waals surface area contributed by atoms with E-state index in [2.05, 4.69) is 20.6 Å². The fourth-order valence-corrected chi connectivity index (χ4v) is 2.18. The first kappa shape index (κ1) is 20.6. The topological polar surface area (TPSA) is 106 Å². The Morgan fingerprint density at radius 1 is 0.929 bits per heavy atom. The average molecular weight is 383 g/mol. The highest BCUT2D eigenvalue weighted by molar-refractivity contribution is 5.93. The van der Waals surface area contributed by atoms with Crippen LogP contribution in [0.5, 0.6) is 5.75 Å². The predicted molar refractivity (Wildman–Crippen MR) is 104 cm³/mol. The van der Waals surface area contributed by atoms with E-state index in [1.54, 1.807) is 55.6 Å². The predicted octanol–water partition coefficient (Wildman–Crippen LogP) is 2.35. The molecular weight excluding hydrogens is 362 g/mol. The molecule has 0 atom stereocenters. The molecule has 28 heavy (non-hydrogen) atoms. The molecule has 0 aliphatic rings. The lowest BCUT2D eigenvalue weighted by atomic mass is 10.1. The number of nitrogens with zero attached hydrogens (tertiary/aromatic N) is 1. The Morgan fingerprint density at radius 2 is 1.57 bits per heavy atom. The third-order valence-electron chi connectivity index (χ3n) is 3.69. The second-order valence-electron chi connectivity index (χ2n) is 5.68. The van der Waals surface area contributed by atoms with Gasteiger partial charge in [0.25, 0.3) is 0 Å². The third kappa shape index (κ3) is 6.56. The van der Waals surface area contributed by atoms with Gasteiger partial charge in [-0.05, 0) is 42.0 Å². The van der Waals surface area contributed by atoms with Gasteiger partial charge >= 0.3 is 5.97 Å². The van der Waals surface area contributed by atoms with E-state index in [-0.39, 0.29) is 24.7 Å². The van der Waals surface area contributed by atoms with Gasteiger partial charge in [-0.2, -0.15) is 5.10 Å². The second-order valence-corrected chi connectivity index (χ2v) is 5.68. The molecule has 0 unspecified atom stereocenters. The zero-order valence-electron chi connectivity index (χ0n) is 15.6. The molecule has 0 fully saturated rings. The molecule has 2 amide bonds. The summed E-state index contributed by atoms with van der Waals surface area (Å²) in [6, 6.07) is 13.4. The number of hydrogen-bond acceptors (Lipinski definition) is 6. The van der Waals surface area contributed by atoms with E-state index < -0.39 is 5.97 Å². The number of ether oxygens (including phenoxy) is 2. The molecule has 8 nitrogen and oxygen atoms in total. The molecule has 0 aliphatic carbocycles. The van der Waals surface area contributed by atoms with Crippen LogP contribution in [0.2, 0.25) is 0 Å². The van der Waals surface area contributed by atoms with Gasteiger partial charge in [0.1, 0.15) is 5.75 Å². The molecule has 0 spiro atoms. The van der Waals surface area contributed by atoms with Crippen LogP contribution in [-0.2, 0) is 14.3 Å². The lowest BCUT2D eigenvalue weighted by Gasteiger charge is -2.06. The Bertz CT molecular complexity index is 845. The van der Waals surface area contributed by atoms with Crippen LogP contribution in [0, 0.1) is 0 Å². The Balaban J connectivity index is 1.73. The van der Waals surface area contributed by atoms with Crippen molar-refractivity contribution in [1.82, 2.24) is 5.43 Å². The number of rotatable bonds is 8. The number of hydrazone groups is 1. The molecule has 0 radical (unpaired) electrons. The zero-order chi connectivity index (χ0) is 20.4. The van der Waals surface area contributed by atoms with Crippen molar-refractivity contribution < 1.29 is 23.9 Å². The van der Waals surface area contributed by atoms with Crippen LogP contribution in [0.3, 0.4) is 0 Å². The van der Waals surface area contributed by atoms with Crippen LogP contribution < -0.4 is 15.5 Å². The molecule has 8 heteroatoms. The van der Waals surface area contributed by atoms with Gasteiger partial charge in [-0.15, -0.1) is 0 Å². The van der Waals surface area contributed by atoms with E-state index in [0.29, 0.717) is 22.6 Å². The summed E-state index contributed by atoms with van der Waals surface area (Å²) < 4.78 is 9.66. The highest BCUT2D eigenvalue weighted by atomic mass is 16.5. The lowest BCUT2D eigenvalue weighted by molar-refractivity contribution is -0.124. The summed E-state index contributed by atoms with van der Waals surface area (Å²) in [5.41, 5.74) is 4.10. The summed E-state index contributed by atoms with van der Waals surface area (Å²) in [5.74, 6) is -0.394. The number of nitrogens with one attached hydrogen (secondary N) is 2. The van der Waals surface area contributed by atoms with Crippen molar-refractivity contribution in [2.45, 2.75) is 12.8 Å². The quantitative estimate of drug-likeness (QED) is 0.413. The number of benzene rings is 2. The smallest absolute Gasteiger partial charge is 0.337 e. The average Bonchev–Trinajstić information content (AvgIpc) is 2.72. The normalized spacial score (nSPS) is 10.4. The summed E-state index contributed by atoms with van der Waals surface area (Å²) >= 11 is 0. The maximum absolute atomic E-state index is 11.9. The molecule has 2 N–H and O–H groups in total. The molecular formula is C20H21N3O5. The first-order chi connectivity index (χ1) is 13.5. The zero-order valence-corrected chi connectivity index (χ0v) is 15.6. The van der Waals surface area contributed by atoms with Gasteiger partial charge in [-0.1, -0.05) is 12.1 Å². The summed E-state index contributed by atoms with van der Waals surface area (Å²) in [6.07, 6.45) is 1.47. The minimum atomic E-state index is -0.426. The number of anilines is 1. The van der Waals surface area contributed by atoms with E-state index in [0.717, 1.165) is 0 Å². The summed E-state index contributed by atoms with van der Waals surface area (Å²) in [6.45, 7) is 0. The first-order valence-electron chi connectivity index (χ1n) is 8.46. The van der Waals surface area contributed by atoms with Crippen LogP contribution in [0.4, 0.5) is 5.69 Å². The van der Waals surface area contributed by atoms with Gasteiger partial charge in [0.15, 0.2) is 0 Å². The monoisotopic (exact) mass is 383 g/mol. The molecule has 2 aromatic carbocycles. The summed E-state index contributed by atoms with van der Waals surface area (Å²) in [4.78, 5) is 35.0. The van der Waals surface area contributed by atoms with Gasteiger partial charge in [0.2, 0.25) is 11.8 Å². The number of amides is 2. The number of esters is 1. The largest absolute Gasteiger partial charge is 0.497 e. The van der Waals surface area contributed by atoms with Crippen molar-refractivity contribution >= 4 is 29.7 Å². The van der Waals surface area contributed by atoms with E-state index in [9.17, 15) is 14.4 Å². The minimum absolute atomic E-state index is 0.000602. The van der Waals surface area contributed by atoms with Gasteiger partial charge in [0, 0.05) is 18.5 Å². The Labute approximate surface area is 162 Å². The number of carbonyl (C=O) groups is 3. The standard InChI is InChI=1S/C20H21N3O5/c1-27-17-9-7-16(8-10-17)22-18(24)11-12-19(25)23-21-13-14-3-5-15(6-4-14)20(26)28-2/h3-10,13H,11-12H2,1-2H3,(H,22,24)(H,23,25)/b21-13+. The molecule has 0 saturated carbocycles. The molecule has 146 valence electrons. The van der Waals surface area contributed by atoms with Gasteiger partial charge in [-0.25, -0.2) is 10.2 Å². The van der Waals surface area contributed by atoms with E-state index in [1.807, 2.05) is 0 Å². The van der Waals surface area contributed by atoms with Crippen molar-refractivity contribution in [3.63, 3.8) is 0 Å². The fourth-order valence-electron chi connectivity index (χ4n) is 2.18. The minimum Gasteiger partial charge on any atom is -0.497 e.